The summed E-state index contributed by atoms with van der Waals surface area (Å²) in [6.45, 7) is 3.08. The molecule has 1 aliphatic heterocycles. The third-order valence-electron chi connectivity index (χ3n) is 2.47. The van der Waals surface area contributed by atoms with Crippen molar-refractivity contribution >= 4 is 11.7 Å². The van der Waals surface area contributed by atoms with E-state index in [0.29, 0.717) is 0 Å². The quantitative estimate of drug-likeness (QED) is 0.564. The minimum atomic E-state index is -4.41. The van der Waals surface area contributed by atoms with E-state index < -0.39 is 23.2 Å². The minimum Gasteiger partial charge on any atom is -0.423 e. The highest BCUT2D eigenvalue weighted by Gasteiger charge is 2.37. The number of ether oxygens (including phenoxy) is 1. The summed E-state index contributed by atoms with van der Waals surface area (Å²) in [4.78, 5) is 11.5. The maximum absolute atomic E-state index is 12.5. The Morgan fingerprint density at radius 1 is 1.29 bits per heavy atom. The number of hydrogen-bond acceptors (Lipinski definition) is 3. The van der Waals surface area contributed by atoms with E-state index in [9.17, 15) is 18.0 Å². The first-order valence-corrected chi connectivity index (χ1v) is 4.92. The van der Waals surface area contributed by atoms with E-state index in [0.717, 1.165) is 18.2 Å². The van der Waals surface area contributed by atoms with Gasteiger partial charge in [-0.2, -0.15) is 13.2 Å². The molecule has 0 radical (unpaired) electrons. The van der Waals surface area contributed by atoms with Crippen molar-refractivity contribution in [1.82, 2.24) is 0 Å². The Hall–Kier alpha value is -1.72. The summed E-state index contributed by atoms with van der Waals surface area (Å²) in [5, 5.41) is 2.72. The van der Waals surface area contributed by atoms with Crippen LogP contribution in [0.2, 0.25) is 0 Å². The van der Waals surface area contributed by atoms with Crippen molar-refractivity contribution in [3.8, 4) is 5.75 Å². The molecule has 0 aromatic heterocycles. The smallest absolute Gasteiger partial charge is 0.416 e. The predicted molar refractivity (Wildman–Crippen MR) is 54.8 cm³/mol. The van der Waals surface area contributed by atoms with Gasteiger partial charge in [0.2, 0.25) is 0 Å². The summed E-state index contributed by atoms with van der Waals surface area (Å²) in [7, 11) is 0. The second kappa shape index (κ2) is 3.38. The molecule has 0 aliphatic carbocycles. The molecule has 17 heavy (non-hydrogen) atoms. The Morgan fingerprint density at radius 3 is 2.53 bits per heavy atom. The van der Waals surface area contributed by atoms with Gasteiger partial charge in [-0.25, -0.2) is 4.79 Å². The number of benzene rings is 1. The van der Waals surface area contributed by atoms with Crippen molar-refractivity contribution in [3.05, 3.63) is 23.8 Å². The topological polar surface area (TPSA) is 38.3 Å². The number of halogens is 3. The second-order valence-electron chi connectivity index (χ2n) is 4.35. The first kappa shape index (κ1) is 11.8. The molecule has 0 amide bonds. The average molecular weight is 245 g/mol. The number of esters is 1. The van der Waals surface area contributed by atoms with Crippen LogP contribution in [-0.2, 0) is 11.0 Å². The van der Waals surface area contributed by atoms with E-state index in [-0.39, 0.29) is 11.4 Å². The fourth-order valence-electron chi connectivity index (χ4n) is 1.51. The fourth-order valence-corrected chi connectivity index (χ4v) is 1.51. The Labute approximate surface area is 95.6 Å². The van der Waals surface area contributed by atoms with E-state index in [1.807, 2.05) is 0 Å². The molecule has 1 N–H and O–H groups in total. The number of rotatable bonds is 0. The monoisotopic (exact) mass is 245 g/mol. The molecule has 0 atom stereocenters. The van der Waals surface area contributed by atoms with Gasteiger partial charge in [0.05, 0.1) is 11.3 Å². The Bertz CT molecular complexity index is 480. The SMILES string of the molecule is CC1(C)Nc2cc(C(F)(F)F)ccc2OC1=O. The molecule has 92 valence electrons. The Morgan fingerprint density at radius 2 is 1.94 bits per heavy atom. The summed E-state index contributed by atoms with van der Waals surface area (Å²) in [6, 6.07) is 2.95. The molecule has 0 saturated carbocycles. The standard InChI is InChI=1S/C11H10F3NO2/c1-10(2)9(16)17-8-4-3-6(11(12,13)14)5-7(8)15-10/h3-5,15H,1-2H3. The summed E-state index contributed by atoms with van der Waals surface area (Å²) in [5.41, 5.74) is -1.64. The van der Waals surface area contributed by atoms with Crippen LogP contribution in [-0.4, -0.2) is 11.5 Å². The molecule has 1 aromatic rings. The molecular formula is C11H10F3NO2. The van der Waals surface area contributed by atoms with Crippen LogP contribution in [0.3, 0.4) is 0 Å². The van der Waals surface area contributed by atoms with Crippen molar-refractivity contribution in [2.75, 3.05) is 5.32 Å². The third-order valence-corrected chi connectivity index (χ3v) is 2.47. The van der Waals surface area contributed by atoms with E-state index in [4.69, 9.17) is 4.74 Å². The highest BCUT2D eigenvalue weighted by molar-refractivity contribution is 5.90. The molecular weight excluding hydrogens is 235 g/mol. The van der Waals surface area contributed by atoms with Crippen molar-refractivity contribution in [2.45, 2.75) is 25.6 Å². The van der Waals surface area contributed by atoms with Gasteiger partial charge in [0.25, 0.3) is 0 Å². The van der Waals surface area contributed by atoms with Crippen LogP contribution < -0.4 is 10.1 Å². The zero-order valence-electron chi connectivity index (χ0n) is 9.18. The molecule has 0 saturated heterocycles. The molecule has 3 nitrogen and oxygen atoms in total. The van der Waals surface area contributed by atoms with Crippen molar-refractivity contribution < 1.29 is 22.7 Å². The van der Waals surface area contributed by atoms with Crippen LogP contribution in [0.4, 0.5) is 18.9 Å². The summed E-state index contributed by atoms with van der Waals surface area (Å²) < 4.78 is 42.4. The number of carbonyl (C=O) groups excluding carboxylic acids is 1. The molecule has 0 bridgehead atoms. The van der Waals surface area contributed by atoms with E-state index >= 15 is 0 Å². The number of anilines is 1. The van der Waals surface area contributed by atoms with Crippen LogP contribution in [0.25, 0.3) is 0 Å². The summed E-state index contributed by atoms with van der Waals surface area (Å²) >= 11 is 0. The Balaban J connectivity index is 2.45. The van der Waals surface area contributed by atoms with Gasteiger partial charge in [-0.15, -0.1) is 0 Å². The zero-order valence-corrected chi connectivity index (χ0v) is 9.18. The number of alkyl halides is 3. The van der Waals surface area contributed by atoms with E-state index in [1.54, 1.807) is 13.8 Å². The van der Waals surface area contributed by atoms with E-state index in [2.05, 4.69) is 5.32 Å². The van der Waals surface area contributed by atoms with Gasteiger partial charge in [0.1, 0.15) is 5.54 Å². The lowest BCUT2D eigenvalue weighted by Crippen LogP contribution is -2.46. The highest BCUT2D eigenvalue weighted by Crippen LogP contribution is 2.38. The first-order chi connectivity index (χ1) is 7.70. The second-order valence-corrected chi connectivity index (χ2v) is 4.35. The van der Waals surface area contributed by atoms with E-state index in [1.165, 1.54) is 0 Å². The summed E-state index contributed by atoms with van der Waals surface area (Å²) in [5.74, 6) is -0.410. The summed E-state index contributed by atoms with van der Waals surface area (Å²) in [6.07, 6.45) is -4.41. The zero-order chi connectivity index (χ0) is 12.8. The minimum absolute atomic E-state index is 0.113. The number of carbonyl (C=O) groups is 1. The van der Waals surface area contributed by atoms with Gasteiger partial charge < -0.3 is 10.1 Å². The van der Waals surface area contributed by atoms with Crippen LogP contribution in [0, 0.1) is 0 Å². The lowest BCUT2D eigenvalue weighted by atomic mass is 10.0. The van der Waals surface area contributed by atoms with Gasteiger partial charge in [-0.05, 0) is 32.0 Å². The highest BCUT2D eigenvalue weighted by atomic mass is 19.4. The fraction of sp³-hybridized carbons (Fsp3) is 0.364. The first-order valence-electron chi connectivity index (χ1n) is 4.92. The molecule has 0 spiro atoms. The van der Waals surface area contributed by atoms with Crippen molar-refractivity contribution in [1.29, 1.82) is 0 Å². The van der Waals surface area contributed by atoms with Gasteiger partial charge in [-0.3, -0.25) is 0 Å². The molecule has 1 aliphatic rings. The molecule has 2 rings (SSSR count). The van der Waals surface area contributed by atoms with Gasteiger partial charge >= 0.3 is 12.1 Å². The predicted octanol–water partition coefficient (Wildman–Crippen LogP) is 2.81. The van der Waals surface area contributed by atoms with Gasteiger partial charge in [0, 0.05) is 0 Å². The molecule has 0 unspecified atom stereocenters. The van der Waals surface area contributed by atoms with Crippen LogP contribution >= 0.6 is 0 Å². The number of nitrogens with one attached hydrogen (secondary N) is 1. The lowest BCUT2D eigenvalue weighted by Gasteiger charge is -2.31. The van der Waals surface area contributed by atoms with Crippen LogP contribution in [0.5, 0.6) is 5.75 Å². The van der Waals surface area contributed by atoms with Crippen LogP contribution in [0.15, 0.2) is 18.2 Å². The normalized spacial score (nSPS) is 18.1. The van der Waals surface area contributed by atoms with Crippen LogP contribution in [0.1, 0.15) is 19.4 Å². The van der Waals surface area contributed by atoms with Crippen molar-refractivity contribution in [3.63, 3.8) is 0 Å². The number of fused-ring (bicyclic) bond motifs is 1. The maximum atomic E-state index is 12.5. The Kier molecular flexibility index (Phi) is 2.34. The van der Waals surface area contributed by atoms with Gasteiger partial charge in [-0.1, -0.05) is 0 Å². The molecule has 1 heterocycles. The largest absolute Gasteiger partial charge is 0.423 e. The number of hydrogen-bond donors (Lipinski definition) is 1. The van der Waals surface area contributed by atoms with Gasteiger partial charge in [0.15, 0.2) is 5.75 Å². The third kappa shape index (κ3) is 2.07. The molecule has 0 fully saturated rings. The lowest BCUT2D eigenvalue weighted by molar-refractivity contribution is -0.139. The molecule has 1 aromatic carbocycles. The van der Waals surface area contributed by atoms with Crippen molar-refractivity contribution in [2.24, 2.45) is 0 Å². The molecule has 6 heteroatoms. The average Bonchev–Trinajstić information content (AvgIpc) is 2.17. The maximum Gasteiger partial charge on any atom is 0.416 e.